The number of amides is 1. The zero-order chi connectivity index (χ0) is 15.2. The SMILES string of the molecule is CN(C(=O)[C@H]1CCCOC1)[C@H](Cc1ccccc1)C(=O)O. The standard InChI is InChI=1S/C16H21NO4/c1-17(15(18)13-8-5-9-21-11-13)14(16(19)20)10-12-6-3-2-4-7-12/h2-4,6-7,13-14H,5,8-11H2,1H3,(H,19,20)/t13-,14+/m0/s1. The summed E-state index contributed by atoms with van der Waals surface area (Å²) in [5, 5.41) is 9.43. The second-order valence-electron chi connectivity index (χ2n) is 5.41. The van der Waals surface area contributed by atoms with Crippen LogP contribution in [0.5, 0.6) is 0 Å². The summed E-state index contributed by atoms with van der Waals surface area (Å²) in [6.07, 6.45) is 1.92. The lowest BCUT2D eigenvalue weighted by molar-refractivity contribution is -0.152. The fraction of sp³-hybridized carbons (Fsp3) is 0.500. The van der Waals surface area contributed by atoms with Crippen molar-refractivity contribution in [3.63, 3.8) is 0 Å². The van der Waals surface area contributed by atoms with Crippen LogP contribution in [-0.4, -0.2) is 48.2 Å². The molecule has 0 bridgehead atoms. The highest BCUT2D eigenvalue weighted by Crippen LogP contribution is 2.18. The van der Waals surface area contributed by atoms with Gasteiger partial charge in [-0.1, -0.05) is 30.3 Å². The van der Waals surface area contributed by atoms with Crippen molar-refractivity contribution in [3.8, 4) is 0 Å². The lowest BCUT2D eigenvalue weighted by Crippen LogP contribution is -2.47. The molecule has 0 aromatic heterocycles. The molecule has 1 aromatic carbocycles. The second kappa shape index (κ2) is 7.22. The molecular weight excluding hydrogens is 270 g/mol. The Balaban J connectivity index is 2.06. The van der Waals surface area contributed by atoms with E-state index < -0.39 is 12.0 Å². The molecule has 0 unspecified atom stereocenters. The van der Waals surface area contributed by atoms with Crippen LogP contribution in [0, 0.1) is 5.92 Å². The number of aliphatic carboxylic acids is 1. The van der Waals surface area contributed by atoms with E-state index >= 15 is 0 Å². The monoisotopic (exact) mass is 291 g/mol. The molecule has 21 heavy (non-hydrogen) atoms. The van der Waals surface area contributed by atoms with Crippen molar-refractivity contribution in [3.05, 3.63) is 35.9 Å². The van der Waals surface area contributed by atoms with Gasteiger partial charge in [-0.3, -0.25) is 4.79 Å². The quantitative estimate of drug-likeness (QED) is 0.894. The fourth-order valence-electron chi connectivity index (χ4n) is 2.60. The molecular formula is C16H21NO4. The third kappa shape index (κ3) is 4.04. The van der Waals surface area contributed by atoms with E-state index in [0.717, 1.165) is 18.4 Å². The molecule has 5 nitrogen and oxygen atoms in total. The summed E-state index contributed by atoms with van der Waals surface area (Å²) in [6.45, 7) is 1.07. The van der Waals surface area contributed by atoms with Gasteiger partial charge in [0.05, 0.1) is 12.5 Å². The predicted octanol–water partition coefficient (Wildman–Crippen LogP) is 1.57. The van der Waals surface area contributed by atoms with Gasteiger partial charge >= 0.3 is 5.97 Å². The highest BCUT2D eigenvalue weighted by molar-refractivity contribution is 5.85. The number of carbonyl (C=O) groups excluding carboxylic acids is 1. The van der Waals surface area contributed by atoms with E-state index in [9.17, 15) is 14.7 Å². The number of likely N-dealkylation sites (N-methyl/N-ethyl adjacent to an activating group) is 1. The van der Waals surface area contributed by atoms with Crippen LogP contribution in [0.2, 0.25) is 0 Å². The summed E-state index contributed by atoms with van der Waals surface area (Å²) >= 11 is 0. The minimum atomic E-state index is -0.980. The van der Waals surface area contributed by atoms with E-state index in [2.05, 4.69) is 0 Å². The van der Waals surface area contributed by atoms with Crippen molar-refractivity contribution in [1.29, 1.82) is 0 Å². The van der Waals surface area contributed by atoms with Gasteiger partial charge in [0.15, 0.2) is 0 Å². The number of ether oxygens (including phenoxy) is 1. The predicted molar refractivity (Wildman–Crippen MR) is 77.9 cm³/mol. The Morgan fingerprint density at radius 1 is 1.38 bits per heavy atom. The molecule has 0 radical (unpaired) electrons. The van der Waals surface area contributed by atoms with Crippen molar-refractivity contribution in [2.75, 3.05) is 20.3 Å². The first kappa shape index (κ1) is 15.5. The summed E-state index contributed by atoms with van der Waals surface area (Å²) in [5.41, 5.74) is 0.907. The first-order chi connectivity index (χ1) is 10.1. The Hall–Kier alpha value is -1.88. The van der Waals surface area contributed by atoms with Gasteiger partial charge in [-0.15, -0.1) is 0 Å². The number of carboxylic acids is 1. The van der Waals surface area contributed by atoms with Crippen molar-refractivity contribution in [2.24, 2.45) is 5.92 Å². The number of carbonyl (C=O) groups is 2. The van der Waals surface area contributed by atoms with Crippen LogP contribution in [0.4, 0.5) is 0 Å². The van der Waals surface area contributed by atoms with Gasteiger partial charge in [-0.25, -0.2) is 4.79 Å². The van der Waals surface area contributed by atoms with Crippen molar-refractivity contribution in [1.82, 2.24) is 4.90 Å². The van der Waals surface area contributed by atoms with E-state index in [1.54, 1.807) is 7.05 Å². The Morgan fingerprint density at radius 2 is 2.10 bits per heavy atom. The Kier molecular flexibility index (Phi) is 5.33. The zero-order valence-corrected chi connectivity index (χ0v) is 12.2. The smallest absolute Gasteiger partial charge is 0.326 e. The molecule has 2 atom stereocenters. The number of hydrogen-bond donors (Lipinski definition) is 1. The van der Waals surface area contributed by atoms with Gasteiger partial charge in [-0.05, 0) is 18.4 Å². The van der Waals surface area contributed by atoms with Crippen LogP contribution >= 0.6 is 0 Å². The molecule has 1 fully saturated rings. The lowest BCUT2D eigenvalue weighted by atomic mass is 9.98. The molecule has 1 heterocycles. The zero-order valence-electron chi connectivity index (χ0n) is 12.2. The number of benzene rings is 1. The largest absolute Gasteiger partial charge is 0.480 e. The Morgan fingerprint density at radius 3 is 2.67 bits per heavy atom. The van der Waals surface area contributed by atoms with Gasteiger partial charge in [-0.2, -0.15) is 0 Å². The molecule has 1 N–H and O–H groups in total. The van der Waals surface area contributed by atoms with Crippen LogP contribution in [0.25, 0.3) is 0 Å². The molecule has 0 spiro atoms. The first-order valence-corrected chi connectivity index (χ1v) is 7.20. The molecule has 1 amide bonds. The van der Waals surface area contributed by atoms with Gasteiger partial charge in [0.1, 0.15) is 6.04 Å². The minimum Gasteiger partial charge on any atom is -0.480 e. The van der Waals surface area contributed by atoms with Crippen LogP contribution in [0.3, 0.4) is 0 Å². The second-order valence-corrected chi connectivity index (χ2v) is 5.41. The van der Waals surface area contributed by atoms with E-state index in [4.69, 9.17) is 4.74 Å². The normalized spacial score (nSPS) is 19.8. The highest BCUT2D eigenvalue weighted by Gasteiger charge is 2.32. The number of rotatable bonds is 5. The van der Waals surface area contributed by atoms with Crippen molar-refractivity contribution < 1.29 is 19.4 Å². The van der Waals surface area contributed by atoms with E-state index in [-0.39, 0.29) is 11.8 Å². The molecule has 1 aromatic rings. The third-order valence-corrected chi connectivity index (χ3v) is 3.88. The first-order valence-electron chi connectivity index (χ1n) is 7.20. The maximum Gasteiger partial charge on any atom is 0.326 e. The van der Waals surface area contributed by atoms with Gasteiger partial charge in [0.25, 0.3) is 0 Å². The topological polar surface area (TPSA) is 66.8 Å². The van der Waals surface area contributed by atoms with Crippen LogP contribution < -0.4 is 0 Å². The van der Waals surface area contributed by atoms with E-state index in [1.807, 2.05) is 30.3 Å². The number of hydrogen-bond acceptors (Lipinski definition) is 3. The molecule has 2 rings (SSSR count). The van der Waals surface area contributed by atoms with Gasteiger partial charge < -0.3 is 14.7 Å². The average molecular weight is 291 g/mol. The maximum absolute atomic E-state index is 12.4. The summed E-state index contributed by atoms with van der Waals surface area (Å²) in [4.78, 5) is 25.3. The molecule has 1 saturated heterocycles. The molecule has 5 heteroatoms. The Bertz CT molecular complexity index is 482. The molecule has 114 valence electrons. The summed E-state index contributed by atoms with van der Waals surface area (Å²) in [5.74, 6) is -1.34. The number of carboxylic acid groups (broad SMARTS) is 1. The Labute approximate surface area is 124 Å². The third-order valence-electron chi connectivity index (χ3n) is 3.88. The van der Waals surface area contributed by atoms with Crippen LogP contribution in [-0.2, 0) is 20.7 Å². The minimum absolute atomic E-state index is 0.141. The van der Waals surface area contributed by atoms with E-state index in [1.165, 1.54) is 4.90 Å². The summed E-state index contributed by atoms with van der Waals surface area (Å²) in [7, 11) is 1.57. The summed E-state index contributed by atoms with van der Waals surface area (Å²) < 4.78 is 5.32. The average Bonchev–Trinajstić information content (AvgIpc) is 2.53. The molecule has 1 aliphatic rings. The molecule has 1 aliphatic heterocycles. The molecule has 0 saturated carbocycles. The number of nitrogens with zero attached hydrogens (tertiary/aromatic N) is 1. The van der Waals surface area contributed by atoms with Crippen LogP contribution in [0.15, 0.2) is 30.3 Å². The van der Waals surface area contributed by atoms with E-state index in [0.29, 0.717) is 19.6 Å². The van der Waals surface area contributed by atoms with Crippen molar-refractivity contribution in [2.45, 2.75) is 25.3 Å². The van der Waals surface area contributed by atoms with Gasteiger partial charge in [0, 0.05) is 20.1 Å². The van der Waals surface area contributed by atoms with Crippen molar-refractivity contribution >= 4 is 11.9 Å². The maximum atomic E-state index is 12.4. The summed E-state index contributed by atoms with van der Waals surface area (Å²) in [6, 6.07) is 8.52. The fourth-order valence-corrected chi connectivity index (χ4v) is 2.60. The molecule has 0 aliphatic carbocycles. The van der Waals surface area contributed by atoms with Gasteiger partial charge in [0.2, 0.25) is 5.91 Å². The van der Waals surface area contributed by atoms with Crippen LogP contribution in [0.1, 0.15) is 18.4 Å². The highest BCUT2D eigenvalue weighted by atomic mass is 16.5. The lowest BCUT2D eigenvalue weighted by Gasteiger charge is -2.30.